The van der Waals surface area contributed by atoms with Crippen molar-refractivity contribution in [1.82, 2.24) is 5.32 Å². The van der Waals surface area contributed by atoms with E-state index >= 15 is 0 Å². The van der Waals surface area contributed by atoms with Crippen molar-refractivity contribution in [3.05, 3.63) is 0 Å². The molecule has 0 radical (unpaired) electrons. The van der Waals surface area contributed by atoms with Gasteiger partial charge in [0.15, 0.2) is 0 Å². The standard InChI is InChI=1S/C12H25N/c1-5-13-12(9(2)3)11-8-6-7-10(11)4/h9-13H,5-8H2,1-4H3. The summed E-state index contributed by atoms with van der Waals surface area (Å²) in [7, 11) is 0. The minimum atomic E-state index is 0.752. The van der Waals surface area contributed by atoms with Crippen molar-refractivity contribution < 1.29 is 0 Å². The van der Waals surface area contributed by atoms with Crippen molar-refractivity contribution in [3.63, 3.8) is 0 Å². The zero-order valence-electron chi connectivity index (χ0n) is 9.64. The van der Waals surface area contributed by atoms with Gasteiger partial charge in [-0.25, -0.2) is 0 Å². The zero-order chi connectivity index (χ0) is 9.84. The lowest BCUT2D eigenvalue weighted by atomic mass is 9.84. The van der Waals surface area contributed by atoms with E-state index in [1.165, 1.54) is 19.3 Å². The van der Waals surface area contributed by atoms with Crippen molar-refractivity contribution >= 4 is 0 Å². The summed E-state index contributed by atoms with van der Waals surface area (Å²) >= 11 is 0. The van der Waals surface area contributed by atoms with E-state index in [1.807, 2.05) is 0 Å². The fourth-order valence-electron chi connectivity index (χ4n) is 2.82. The van der Waals surface area contributed by atoms with Crippen LogP contribution in [0.1, 0.15) is 47.0 Å². The normalized spacial score (nSPS) is 31.2. The van der Waals surface area contributed by atoms with Gasteiger partial charge in [-0.3, -0.25) is 0 Å². The molecule has 0 spiro atoms. The van der Waals surface area contributed by atoms with Gasteiger partial charge in [0.2, 0.25) is 0 Å². The third-order valence-electron chi connectivity index (χ3n) is 3.55. The lowest BCUT2D eigenvalue weighted by Gasteiger charge is -2.30. The molecule has 1 aliphatic rings. The van der Waals surface area contributed by atoms with Crippen LogP contribution in [0.4, 0.5) is 0 Å². The van der Waals surface area contributed by atoms with E-state index in [0.717, 1.165) is 30.3 Å². The molecule has 13 heavy (non-hydrogen) atoms. The first-order valence-corrected chi connectivity index (χ1v) is 5.90. The van der Waals surface area contributed by atoms with Gasteiger partial charge in [0.1, 0.15) is 0 Å². The Morgan fingerprint density at radius 3 is 2.38 bits per heavy atom. The van der Waals surface area contributed by atoms with Crippen LogP contribution in [-0.4, -0.2) is 12.6 Å². The average Bonchev–Trinajstić information content (AvgIpc) is 2.47. The third-order valence-corrected chi connectivity index (χ3v) is 3.55. The van der Waals surface area contributed by atoms with Crippen LogP contribution in [0.25, 0.3) is 0 Å². The summed E-state index contributed by atoms with van der Waals surface area (Å²) in [6, 6.07) is 0.752. The molecule has 0 aromatic heterocycles. The molecule has 1 rings (SSSR count). The van der Waals surface area contributed by atoms with Crippen LogP contribution in [-0.2, 0) is 0 Å². The predicted molar refractivity (Wildman–Crippen MR) is 58.8 cm³/mol. The molecule has 0 heterocycles. The second-order valence-electron chi connectivity index (χ2n) is 4.90. The van der Waals surface area contributed by atoms with E-state index in [9.17, 15) is 0 Å². The summed E-state index contributed by atoms with van der Waals surface area (Å²) < 4.78 is 0. The minimum Gasteiger partial charge on any atom is -0.314 e. The van der Waals surface area contributed by atoms with Gasteiger partial charge < -0.3 is 5.32 Å². The molecular formula is C12H25N. The number of nitrogens with one attached hydrogen (secondary N) is 1. The van der Waals surface area contributed by atoms with E-state index in [2.05, 4.69) is 33.0 Å². The molecule has 1 saturated carbocycles. The molecule has 0 saturated heterocycles. The molecule has 0 bridgehead atoms. The molecule has 1 heteroatoms. The molecule has 1 fully saturated rings. The van der Waals surface area contributed by atoms with Crippen LogP contribution >= 0.6 is 0 Å². The van der Waals surface area contributed by atoms with Crippen molar-refractivity contribution in [2.45, 2.75) is 53.0 Å². The highest BCUT2D eigenvalue weighted by Crippen LogP contribution is 2.35. The first-order valence-electron chi connectivity index (χ1n) is 5.90. The van der Waals surface area contributed by atoms with Gasteiger partial charge in [-0.05, 0) is 30.7 Å². The summed E-state index contributed by atoms with van der Waals surface area (Å²) in [6.45, 7) is 10.4. The predicted octanol–water partition coefficient (Wildman–Crippen LogP) is 3.06. The SMILES string of the molecule is CCNC(C(C)C)C1CCCC1C. The molecule has 0 aliphatic heterocycles. The summed E-state index contributed by atoms with van der Waals surface area (Å²) in [5.41, 5.74) is 0. The first kappa shape index (κ1) is 11.0. The fourth-order valence-corrected chi connectivity index (χ4v) is 2.82. The number of hydrogen-bond acceptors (Lipinski definition) is 1. The summed E-state index contributed by atoms with van der Waals surface area (Å²) in [4.78, 5) is 0. The van der Waals surface area contributed by atoms with E-state index in [0.29, 0.717) is 0 Å². The van der Waals surface area contributed by atoms with Crippen LogP contribution in [0, 0.1) is 17.8 Å². The molecule has 0 amide bonds. The Labute approximate surface area is 83.3 Å². The smallest absolute Gasteiger partial charge is 0.0121 e. The highest BCUT2D eigenvalue weighted by Gasteiger charge is 2.31. The maximum absolute atomic E-state index is 3.65. The molecule has 3 atom stereocenters. The maximum Gasteiger partial charge on any atom is 0.0121 e. The summed E-state index contributed by atoms with van der Waals surface area (Å²) in [5, 5.41) is 3.65. The first-order chi connectivity index (χ1) is 6.16. The largest absolute Gasteiger partial charge is 0.314 e. The summed E-state index contributed by atoms with van der Waals surface area (Å²) in [5.74, 6) is 2.65. The van der Waals surface area contributed by atoms with Gasteiger partial charge in [-0.1, -0.05) is 40.5 Å². The minimum absolute atomic E-state index is 0.752. The van der Waals surface area contributed by atoms with E-state index in [4.69, 9.17) is 0 Å². The van der Waals surface area contributed by atoms with Gasteiger partial charge >= 0.3 is 0 Å². The Morgan fingerprint density at radius 1 is 1.31 bits per heavy atom. The fraction of sp³-hybridized carbons (Fsp3) is 1.00. The van der Waals surface area contributed by atoms with Crippen molar-refractivity contribution in [2.75, 3.05) is 6.54 Å². The number of rotatable bonds is 4. The van der Waals surface area contributed by atoms with Crippen LogP contribution in [0.15, 0.2) is 0 Å². The molecule has 78 valence electrons. The topological polar surface area (TPSA) is 12.0 Å². The second-order valence-corrected chi connectivity index (χ2v) is 4.90. The van der Waals surface area contributed by atoms with Gasteiger partial charge in [-0.15, -0.1) is 0 Å². The van der Waals surface area contributed by atoms with E-state index in [1.54, 1.807) is 0 Å². The molecule has 0 aromatic carbocycles. The van der Waals surface area contributed by atoms with Gasteiger partial charge in [0, 0.05) is 6.04 Å². The monoisotopic (exact) mass is 183 g/mol. The quantitative estimate of drug-likeness (QED) is 0.706. The lowest BCUT2D eigenvalue weighted by molar-refractivity contribution is 0.245. The van der Waals surface area contributed by atoms with Crippen LogP contribution in [0.3, 0.4) is 0 Å². The second kappa shape index (κ2) is 4.99. The Bertz CT molecular complexity index is 142. The van der Waals surface area contributed by atoms with Crippen molar-refractivity contribution in [3.8, 4) is 0 Å². The highest BCUT2D eigenvalue weighted by molar-refractivity contribution is 4.86. The Hall–Kier alpha value is -0.0400. The molecular weight excluding hydrogens is 158 g/mol. The maximum atomic E-state index is 3.65. The lowest BCUT2D eigenvalue weighted by Crippen LogP contribution is -2.41. The van der Waals surface area contributed by atoms with E-state index in [-0.39, 0.29) is 0 Å². The summed E-state index contributed by atoms with van der Waals surface area (Å²) in [6.07, 6.45) is 4.33. The van der Waals surface area contributed by atoms with Gasteiger partial charge in [0.05, 0.1) is 0 Å². The molecule has 1 aliphatic carbocycles. The Kier molecular flexibility index (Phi) is 4.24. The van der Waals surface area contributed by atoms with Crippen LogP contribution < -0.4 is 5.32 Å². The molecule has 1 N–H and O–H groups in total. The van der Waals surface area contributed by atoms with Gasteiger partial charge in [0.25, 0.3) is 0 Å². The van der Waals surface area contributed by atoms with Gasteiger partial charge in [-0.2, -0.15) is 0 Å². The van der Waals surface area contributed by atoms with Crippen molar-refractivity contribution in [2.24, 2.45) is 17.8 Å². The Morgan fingerprint density at radius 2 is 2.00 bits per heavy atom. The van der Waals surface area contributed by atoms with Crippen LogP contribution in [0.2, 0.25) is 0 Å². The van der Waals surface area contributed by atoms with Crippen molar-refractivity contribution in [1.29, 1.82) is 0 Å². The van der Waals surface area contributed by atoms with E-state index < -0.39 is 0 Å². The number of hydrogen-bond donors (Lipinski definition) is 1. The molecule has 0 aromatic rings. The average molecular weight is 183 g/mol. The Balaban J connectivity index is 2.52. The zero-order valence-corrected chi connectivity index (χ0v) is 9.64. The molecule has 3 unspecified atom stereocenters. The van der Waals surface area contributed by atoms with Crippen LogP contribution in [0.5, 0.6) is 0 Å². The molecule has 1 nitrogen and oxygen atoms in total. The third kappa shape index (κ3) is 2.70. The highest BCUT2D eigenvalue weighted by atomic mass is 14.9.